The van der Waals surface area contributed by atoms with Gasteiger partial charge in [-0.1, -0.05) is 155 Å². The lowest BCUT2D eigenvalue weighted by Gasteiger charge is -2.05. The Kier molecular flexibility index (Phi) is 27.3. The third-order valence-corrected chi connectivity index (χ3v) is 7.94. The fourth-order valence-electron chi connectivity index (χ4n) is 4.31. The van der Waals surface area contributed by atoms with Crippen LogP contribution in [0.15, 0.2) is 0 Å². The topological polar surface area (TPSA) is 17.1 Å². The molecule has 0 fully saturated rings. The van der Waals surface area contributed by atoms with E-state index in [1.54, 1.807) is 0 Å². The lowest BCUT2D eigenvalue weighted by molar-refractivity contribution is 0.538. The van der Waals surface area contributed by atoms with E-state index < -0.39 is 10.8 Å². The van der Waals surface area contributed by atoms with E-state index in [0.29, 0.717) is 0 Å². The van der Waals surface area contributed by atoms with Crippen molar-refractivity contribution in [2.45, 2.75) is 168 Å². The van der Waals surface area contributed by atoms with E-state index in [0.717, 1.165) is 11.5 Å². The average molecular weight is 443 g/mol. The van der Waals surface area contributed by atoms with Crippen molar-refractivity contribution in [2.75, 3.05) is 11.5 Å². The van der Waals surface area contributed by atoms with E-state index in [1.807, 2.05) is 0 Å². The molecule has 0 saturated heterocycles. The standard InChI is InChI=1S/C28H58OS/c1-3-5-7-9-11-13-15-16-17-18-20-22-24-26-28-30(29)27-25-23-21-19-14-12-10-8-6-4-2/h3-28H2,1-2H3. The summed E-state index contributed by atoms with van der Waals surface area (Å²) in [6, 6.07) is 0. The molecule has 1 nitrogen and oxygen atoms in total. The van der Waals surface area contributed by atoms with Crippen LogP contribution in [0.4, 0.5) is 0 Å². The normalized spacial score (nSPS) is 12.5. The molecule has 30 heavy (non-hydrogen) atoms. The van der Waals surface area contributed by atoms with Gasteiger partial charge in [-0.2, -0.15) is 0 Å². The highest BCUT2D eigenvalue weighted by Gasteiger charge is 2.01. The molecule has 0 aliphatic rings. The van der Waals surface area contributed by atoms with Crippen LogP contribution in [-0.4, -0.2) is 15.7 Å². The fraction of sp³-hybridized carbons (Fsp3) is 1.00. The van der Waals surface area contributed by atoms with Crippen LogP contribution in [0.25, 0.3) is 0 Å². The van der Waals surface area contributed by atoms with Gasteiger partial charge in [0.1, 0.15) is 0 Å². The van der Waals surface area contributed by atoms with Crippen LogP contribution >= 0.6 is 0 Å². The van der Waals surface area contributed by atoms with Crippen molar-refractivity contribution < 1.29 is 4.21 Å². The molecular weight excluding hydrogens is 384 g/mol. The van der Waals surface area contributed by atoms with E-state index >= 15 is 0 Å². The predicted molar refractivity (Wildman–Crippen MR) is 140 cm³/mol. The second-order valence-corrected chi connectivity index (χ2v) is 11.3. The van der Waals surface area contributed by atoms with E-state index in [-0.39, 0.29) is 0 Å². The summed E-state index contributed by atoms with van der Waals surface area (Å²) in [6.45, 7) is 4.57. The second kappa shape index (κ2) is 27.2. The molecule has 0 amide bonds. The van der Waals surface area contributed by atoms with Crippen LogP contribution in [-0.2, 0) is 10.8 Å². The van der Waals surface area contributed by atoms with E-state index in [1.165, 1.54) is 154 Å². The Hall–Kier alpha value is 0.150. The summed E-state index contributed by atoms with van der Waals surface area (Å²) in [5.74, 6) is 1.91. The monoisotopic (exact) mass is 442 g/mol. The van der Waals surface area contributed by atoms with Crippen molar-refractivity contribution >= 4 is 10.8 Å². The zero-order valence-corrected chi connectivity index (χ0v) is 22.0. The first kappa shape index (κ1) is 30.1. The maximum atomic E-state index is 12.1. The maximum Gasteiger partial charge on any atom is 0.0234 e. The van der Waals surface area contributed by atoms with Gasteiger partial charge in [0.2, 0.25) is 0 Å². The summed E-state index contributed by atoms with van der Waals surface area (Å²) < 4.78 is 12.1. The molecule has 182 valence electrons. The van der Waals surface area contributed by atoms with E-state index in [9.17, 15) is 4.21 Å². The lowest BCUT2D eigenvalue weighted by atomic mass is 10.0. The largest absolute Gasteiger partial charge is 0.260 e. The van der Waals surface area contributed by atoms with Crippen LogP contribution < -0.4 is 0 Å². The summed E-state index contributed by atoms with van der Waals surface area (Å²) in [5.41, 5.74) is 0. The maximum absolute atomic E-state index is 12.1. The number of hydrogen-bond acceptors (Lipinski definition) is 1. The molecule has 0 aromatic heterocycles. The summed E-state index contributed by atoms with van der Waals surface area (Å²) in [6.07, 6.45) is 33.2. The molecule has 1 unspecified atom stereocenters. The lowest BCUT2D eigenvalue weighted by Crippen LogP contribution is -2.02. The Labute approximate surface area is 194 Å². The SMILES string of the molecule is CCCCCCCCCCCCCCCCS(=O)CCCCCCCCCCCC. The van der Waals surface area contributed by atoms with Crippen molar-refractivity contribution in [1.29, 1.82) is 0 Å². The van der Waals surface area contributed by atoms with E-state index in [4.69, 9.17) is 0 Å². The summed E-state index contributed by atoms with van der Waals surface area (Å²) in [5, 5.41) is 0. The number of unbranched alkanes of at least 4 members (excludes halogenated alkanes) is 22. The molecule has 1 atom stereocenters. The molecular formula is C28H58OS. The van der Waals surface area contributed by atoms with Crippen LogP contribution in [0, 0.1) is 0 Å². The van der Waals surface area contributed by atoms with Gasteiger partial charge in [0.15, 0.2) is 0 Å². The molecule has 2 heteroatoms. The molecule has 0 radical (unpaired) electrons. The molecule has 0 heterocycles. The molecule has 0 spiro atoms. The highest BCUT2D eigenvalue weighted by molar-refractivity contribution is 7.84. The van der Waals surface area contributed by atoms with Crippen LogP contribution in [0.2, 0.25) is 0 Å². The van der Waals surface area contributed by atoms with Crippen molar-refractivity contribution in [3.05, 3.63) is 0 Å². The highest BCUT2D eigenvalue weighted by atomic mass is 32.2. The van der Waals surface area contributed by atoms with Crippen LogP contribution in [0.5, 0.6) is 0 Å². The third-order valence-electron chi connectivity index (χ3n) is 6.45. The van der Waals surface area contributed by atoms with Gasteiger partial charge in [-0.05, 0) is 12.8 Å². The smallest absolute Gasteiger partial charge is 0.0234 e. The zero-order chi connectivity index (χ0) is 22.0. The summed E-state index contributed by atoms with van der Waals surface area (Å²) in [4.78, 5) is 0. The van der Waals surface area contributed by atoms with Crippen molar-refractivity contribution in [2.24, 2.45) is 0 Å². The molecule has 0 aliphatic heterocycles. The minimum absolute atomic E-state index is 0.549. The molecule has 0 aromatic rings. The van der Waals surface area contributed by atoms with Gasteiger partial charge in [-0.15, -0.1) is 0 Å². The van der Waals surface area contributed by atoms with Crippen LogP contribution in [0.1, 0.15) is 168 Å². The molecule has 0 bridgehead atoms. The first-order valence-electron chi connectivity index (χ1n) is 14.2. The Morgan fingerprint density at radius 3 is 0.767 bits per heavy atom. The van der Waals surface area contributed by atoms with Gasteiger partial charge >= 0.3 is 0 Å². The van der Waals surface area contributed by atoms with Crippen molar-refractivity contribution in [1.82, 2.24) is 0 Å². The molecule has 0 aliphatic carbocycles. The predicted octanol–water partition coefficient (Wildman–Crippen LogP) is 10.1. The second-order valence-electron chi connectivity index (χ2n) is 9.63. The Morgan fingerprint density at radius 2 is 0.533 bits per heavy atom. The van der Waals surface area contributed by atoms with Gasteiger partial charge in [0.25, 0.3) is 0 Å². The zero-order valence-electron chi connectivity index (χ0n) is 21.2. The number of rotatable bonds is 26. The summed E-state index contributed by atoms with van der Waals surface area (Å²) >= 11 is 0. The molecule has 0 rings (SSSR count). The van der Waals surface area contributed by atoms with E-state index in [2.05, 4.69) is 13.8 Å². The minimum Gasteiger partial charge on any atom is -0.260 e. The minimum atomic E-state index is -0.549. The fourth-order valence-corrected chi connectivity index (χ4v) is 5.57. The highest BCUT2D eigenvalue weighted by Crippen LogP contribution is 2.14. The Morgan fingerprint density at radius 1 is 0.333 bits per heavy atom. The third kappa shape index (κ3) is 26.2. The van der Waals surface area contributed by atoms with Crippen molar-refractivity contribution in [3.63, 3.8) is 0 Å². The van der Waals surface area contributed by atoms with Gasteiger partial charge in [0.05, 0.1) is 0 Å². The first-order valence-corrected chi connectivity index (χ1v) is 15.6. The van der Waals surface area contributed by atoms with Crippen molar-refractivity contribution in [3.8, 4) is 0 Å². The van der Waals surface area contributed by atoms with Gasteiger partial charge in [0, 0.05) is 22.3 Å². The van der Waals surface area contributed by atoms with Gasteiger partial charge in [-0.3, -0.25) is 4.21 Å². The van der Waals surface area contributed by atoms with Crippen LogP contribution in [0.3, 0.4) is 0 Å². The molecule has 0 saturated carbocycles. The number of hydrogen-bond donors (Lipinski definition) is 0. The van der Waals surface area contributed by atoms with Gasteiger partial charge in [-0.25, -0.2) is 0 Å². The Bertz CT molecular complexity index is 329. The molecule has 0 aromatic carbocycles. The first-order chi connectivity index (χ1) is 14.8. The van der Waals surface area contributed by atoms with Gasteiger partial charge < -0.3 is 0 Å². The quantitative estimate of drug-likeness (QED) is 0.122. The molecule has 0 N–H and O–H groups in total. The Balaban J connectivity index is 3.13. The average Bonchev–Trinajstić information content (AvgIpc) is 2.75. The summed E-state index contributed by atoms with van der Waals surface area (Å²) in [7, 11) is -0.549.